The predicted octanol–water partition coefficient (Wildman–Crippen LogP) is 2.29. The van der Waals surface area contributed by atoms with Gasteiger partial charge in [-0.2, -0.15) is 0 Å². The number of hydrogen-bond acceptors (Lipinski definition) is 2. The molecule has 0 N–H and O–H groups in total. The molecule has 20 heavy (non-hydrogen) atoms. The van der Waals surface area contributed by atoms with E-state index in [1.807, 2.05) is 0 Å². The van der Waals surface area contributed by atoms with Crippen LogP contribution in [0.25, 0.3) is 0 Å². The van der Waals surface area contributed by atoms with Gasteiger partial charge in [0.25, 0.3) is 0 Å². The molecule has 0 saturated carbocycles. The Hall–Kier alpha value is 3.06. The van der Waals surface area contributed by atoms with Crippen LogP contribution in [0.4, 0.5) is 0 Å². The normalized spacial score (nSPS) is 35.6. The SMILES string of the molecule is [Se]=C(CC1CS1)CC1C[Te]CC(CC(=[Se])CC2CS2)[Te]1. The Morgan fingerprint density at radius 3 is 1.70 bits per heavy atom. The van der Waals surface area contributed by atoms with Gasteiger partial charge in [0, 0.05) is 0 Å². The van der Waals surface area contributed by atoms with Gasteiger partial charge in [0.15, 0.2) is 0 Å². The molecule has 0 radical (unpaired) electrons. The topological polar surface area (TPSA) is 0 Å². The summed E-state index contributed by atoms with van der Waals surface area (Å²) >= 11 is 11.7. The average molecular weight is 666 g/mol. The molecule has 3 fully saturated rings. The fourth-order valence-electron chi connectivity index (χ4n) is 2.45. The second-order valence-electron chi connectivity index (χ2n) is 5.72. The van der Waals surface area contributed by atoms with Gasteiger partial charge >= 0.3 is 170 Å². The first-order valence-electron chi connectivity index (χ1n) is 7.19. The maximum absolute atomic E-state index is 3.41. The van der Waals surface area contributed by atoms with Crippen LogP contribution in [-0.2, 0) is 0 Å². The predicted molar refractivity (Wildman–Crippen MR) is 101 cm³/mol. The Morgan fingerprint density at radius 2 is 1.30 bits per heavy atom. The van der Waals surface area contributed by atoms with Crippen LogP contribution < -0.4 is 0 Å². The van der Waals surface area contributed by atoms with Crippen molar-refractivity contribution in [2.75, 3.05) is 11.5 Å². The Bertz CT molecular complexity index is 349. The van der Waals surface area contributed by atoms with Gasteiger partial charge in [0.05, 0.1) is 0 Å². The van der Waals surface area contributed by atoms with Crippen molar-refractivity contribution < 1.29 is 0 Å². The maximum atomic E-state index is 3.41. The van der Waals surface area contributed by atoms with E-state index >= 15 is 0 Å². The van der Waals surface area contributed by atoms with Crippen LogP contribution in [0.5, 0.6) is 0 Å². The summed E-state index contributed by atoms with van der Waals surface area (Å²) in [5, 5.41) is 1.98. The molecule has 3 rings (SSSR count). The number of thioether (sulfide) groups is 2. The van der Waals surface area contributed by atoms with Crippen LogP contribution in [-0.4, -0.2) is 104 Å². The Labute approximate surface area is 167 Å². The van der Waals surface area contributed by atoms with E-state index in [9.17, 15) is 0 Å². The molecule has 0 bridgehead atoms. The van der Waals surface area contributed by atoms with Crippen molar-refractivity contribution in [1.82, 2.24) is 0 Å². The molecule has 0 aromatic heterocycles. The Balaban J connectivity index is 1.38. The Kier molecular flexibility index (Phi) is 8.00. The van der Waals surface area contributed by atoms with Crippen molar-refractivity contribution in [2.45, 2.75) is 53.1 Å². The zero-order chi connectivity index (χ0) is 13.9. The quantitative estimate of drug-likeness (QED) is 0.289. The van der Waals surface area contributed by atoms with E-state index in [0.29, 0.717) is 20.9 Å². The van der Waals surface area contributed by atoms with E-state index in [2.05, 4.69) is 54.7 Å². The minimum absolute atomic E-state index is 0.248. The summed E-state index contributed by atoms with van der Waals surface area (Å²) < 4.78 is 9.06. The van der Waals surface area contributed by atoms with E-state index in [1.165, 1.54) is 37.2 Å². The zero-order valence-corrected chi connectivity index (χ0v) is 21.1. The molecule has 0 aromatic carbocycles. The molecule has 6 heteroatoms. The van der Waals surface area contributed by atoms with Gasteiger partial charge in [-0.15, -0.1) is 0 Å². The molecule has 3 heterocycles. The molecule has 0 nitrogen and oxygen atoms in total. The van der Waals surface area contributed by atoms with E-state index in [4.69, 9.17) is 0 Å². The molecule has 112 valence electrons. The molecule has 3 aliphatic rings. The van der Waals surface area contributed by atoms with E-state index in [0.717, 1.165) is 18.4 Å². The van der Waals surface area contributed by atoms with Crippen molar-refractivity contribution in [2.24, 2.45) is 0 Å². The first kappa shape index (κ1) is 17.9. The van der Waals surface area contributed by atoms with Gasteiger partial charge in [0.1, 0.15) is 0 Å². The third-order valence-electron chi connectivity index (χ3n) is 3.62. The van der Waals surface area contributed by atoms with Crippen molar-refractivity contribution in [1.29, 1.82) is 0 Å². The second kappa shape index (κ2) is 8.95. The van der Waals surface area contributed by atoms with Gasteiger partial charge in [-0.05, 0) is 0 Å². The first-order valence-corrected chi connectivity index (χ1v) is 17.0. The molecule has 0 aromatic rings. The summed E-state index contributed by atoms with van der Waals surface area (Å²) in [7, 11) is 0. The van der Waals surface area contributed by atoms with Crippen molar-refractivity contribution in [3.05, 3.63) is 0 Å². The fraction of sp³-hybridized carbons (Fsp3) is 0.857. The summed E-state index contributed by atoms with van der Waals surface area (Å²) in [6.45, 7) is 0. The van der Waals surface area contributed by atoms with Crippen molar-refractivity contribution in [3.63, 3.8) is 0 Å². The molecule has 3 aliphatic heterocycles. The van der Waals surface area contributed by atoms with Crippen LogP contribution in [0.3, 0.4) is 0 Å². The van der Waals surface area contributed by atoms with Crippen molar-refractivity contribution in [3.8, 4) is 0 Å². The summed E-state index contributed by atoms with van der Waals surface area (Å²) in [4.78, 5) is 0. The summed E-state index contributed by atoms with van der Waals surface area (Å²) in [5.41, 5.74) is 0. The summed E-state index contributed by atoms with van der Waals surface area (Å²) in [6.07, 6.45) is 5.69. The molecular formula is C14H20S2Se2Te2. The minimum atomic E-state index is 0.248. The second-order valence-corrected chi connectivity index (χ2v) is 18.5. The molecule has 0 amide bonds. The van der Waals surface area contributed by atoms with Crippen LogP contribution in [0.2, 0.25) is 16.9 Å². The van der Waals surface area contributed by atoms with E-state index in [-0.39, 0.29) is 20.9 Å². The number of rotatable bonds is 8. The molecule has 0 spiro atoms. The van der Waals surface area contributed by atoms with Crippen LogP contribution in [0, 0.1) is 0 Å². The molecular weight excluding hydrogens is 645 g/mol. The molecule has 4 unspecified atom stereocenters. The molecule has 0 aliphatic carbocycles. The van der Waals surface area contributed by atoms with E-state index < -0.39 is 0 Å². The third-order valence-corrected chi connectivity index (χ3v) is 18.8. The first-order chi connectivity index (χ1) is 9.69. The summed E-state index contributed by atoms with van der Waals surface area (Å²) in [5.74, 6) is 2.85. The number of hydrogen-bond donors (Lipinski definition) is 0. The Morgan fingerprint density at radius 1 is 0.850 bits per heavy atom. The van der Waals surface area contributed by atoms with Gasteiger partial charge < -0.3 is 0 Å². The molecule has 4 atom stereocenters. The van der Waals surface area contributed by atoms with Gasteiger partial charge in [-0.3, -0.25) is 0 Å². The zero-order valence-electron chi connectivity index (χ0n) is 11.4. The molecule has 3 saturated heterocycles. The van der Waals surface area contributed by atoms with Crippen molar-refractivity contribution >= 4 is 105 Å². The van der Waals surface area contributed by atoms with E-state index in [1.54, 1.807) is 17.8 Å². The fourth-order valence-corrected chi connectivity index (χ4v) is 20.2. The average Bonchev–Trinajstić information content (AvgIpc) is 3.26. The van der Waals surface area contributed by atoms with Gasteiger partial charge in [-0.1, -0.05) is 0 Å². The standard InChI is InChI=1S/C14H20S2Se2Te2/c17-11(1-9-5-15-9)3-13-7-19-8-14(20-13)4-12(18)2-10-6-16-10/h9-10,13-14H,1-8H2. The monoisotopic (exact) mass is 672 g/mol. The third kappa shape index (κ3) is 6.89. The van der Waals surface area contributed by atoms with Crippen LogP contribution >= 0.6 is 23.5 Å². The van der Waals surface area contributed by atoms with Crippen LogP contribution in [0.15, 0.2) is 0 Å². The van der Waals surface area contributed by atoms with Gasteiger partial charge in [-0.25, -0.2) is 0 Å². The summed E-state index contributed by atoms with van der Waals surface area (Å²) in [6, 6.07) is 0. The van der Waals surface area contributed by atoms with Gasteiger partial charge in [0.2, 0.25) is 0 Å². The van der Waals surface area contributed by atoms with Crippen LogP contribution in [0.1, 0.15) is 25.7 Å².